The Bertz CT molecular complexity index is 1340. The molecule has 10 nitrogen and oxygen atoms in total. The van der Waals surface area contributed by atoms with E-state index in [1.165, 1.54) is 12.1 Å². The minimum absolute atomic E-state index is 0.0681. The summed E-state index contributed by atoms with van der Waals surface area (Å²) >= 11 is 0. The SMILES string of the molecule is O=C(Cn1c(=O)oc2cc([N+](=O)[O-])ccc21)OCc1nc2ccccc2n1C(F)F. The number of fused-ring (bicyclic) bond motifs is 2. The molecule has 154 valence electrons. The van der Waals surface area contributed by atoms with Crippen LogP contribution in [0.4, 0.5) is 14.5 Å². The average Bonchev–Trinajstić information content (AvgIpc) is 3.23. The molecule has 4 rings (SSSR count). The van der Waals surface area contributed by atoms with Crippen molar-refractivity contribution in [2.75, 3.05) is 0 Å². The Kier molecular flexibility index (Phi) is 4.74. The molecule has 0 amide bonds. The monoisotopic (exact) mass is 418 g/mol. The number of ether oxygens (including phenoxy) is 1. The Labute approximate surface area is 165 Å². The van der Waals surface area contributed by atoms with Crippen LogP contribution in [0.25, 0.3) is 22.1 Å². The number of aromatic nitrogens is 3. The van der Waals surface area contributed by atoms with Gasteiger partial charge in [0.1, 0.15) is 13.2 Å². The van der Waals surface area contributed by atoms with E-state index in [4.69, 9.17) is 9.15 Å². The number of nitro groups is 1. The molecule has 2 aromatic heterocycles. The standard InChI is InChI=1S/C18H12F2N4O6/c19-17(20)23-12-4-2-1-3-11(12)21-15(23)9-29-16(25)8-22-13-6-5-10(24(27)28)7-14(13)30-18(22)26/h1-7,17H,8-9H2. The number of non-ortho nitro benzene ring substituents is 1. The Morgan fingerprint density at radius 1 is 1.23 bits per heavy atom. The number of rotatable bonds is 6. The van der Waals surface area contributed by atoms with Crippen molar-refractivity contribution in [3.8, 4) is 0 Å². The van der Waals surface area contributed by atoms with Gasteiger partial charge in [0.15, 0.2) is 11.4 Å². The van der Waals surface area contributed by atoms with Crippen LogP contribution in [0.15, 0.2) is 51.7 Å². The zero-order chi connectivity index (χ0) is 21.4. The van der Waals surface area contributed by atoms with Crippen LogP contribution >= 0.6 is 0 Å². The molecule has 2 heterocycles. The number of nitro benzene ring substituents is 1. The Morgan fingerprint density at radius 2 is 2.00 bits per heavy atom. The molecule has 0 saturated heterocycles. The second-order valence-corrected chi connectivity index (χ2v) is 6.19. The number of alkyl halides is 2. The predicted molar refractivity (Wildman–Crippen MR) is 97.9 cm³/mol. The van der Waals surface area contributed by atoms with E-state index in [-0.39, 0.29) is 28.1 Å². The maximum atomic E-state index is 13.4. The third-order valence-corrected chi connectivity index (χ3v) is 4.38. The van der Waals surface area contributed by atoms with E-state index in [1.54, 1.807) is 18.2 Å². The largest absolute Gasteiger partial charge is 0.456 e. The molecule has 12 heteroatoms. The van der Waals surface area contributed by atoms with E-state index in [9.17, 15) is 28.5 Å². The Balaban J connectivity index is 1.54. The minimum atomic E-state index is -2.89. The summed E-state index contributed by atoms with van der Waals surface area (Å²) in [5.41, 5.74) is 0.320. The number of carbonyl (C=O) groups excluding carboxylic acids is 1. The van der Waals surface area contributed by atoms with Gasteiger partial charge in [-0.3, -0.25) is 24.0 Å². The van der Waals surface area contributed by atoms with E-state index < -0.39 is 36.3 Å². The molecule has 0 bridgehead atoms. The van der Waals surface area contributed by atoms with Gasteiger partial charge in [0.2, 0.25) is 0 Å². The summed E-state index contributed by atoms with van der Waals surface area (Å²) in [6, 6.07) is 9.72. The summed E-state index contributed by atoms with van der Waals surface area (Å²) < 4.78 is 38.4. The Hall–Kier alpha value is -4.09. The smallest absolute Gasteiger partial charge is 0.420 e. The summed E-state index contributed by atoms with van der Waals surface area (Å²) in [7, 11) is 0. The van der Waals surface area contributed by atoms with Crippen LogP contribution in [0.5, 0.6) is 0 Å². The van der Waals surface area contributed by atoms with Crippen LogP contribution in [0.1, 0.15) is 12.4 Å². The minimum Gasteiger partial charge on any atom is -0.456 e. The maximum absolute atomic E-state index is 13.4. The number of esters is 1. The summed E-state index contributed by atoms with van der Waals surface area (Å²) in [5, 5.41) is 10.8. The molecule has 0 saturated carbocycles. The fourth-order valence-corrected chi connectivity index (χ4v) is 3.05. The van der Waals surface area contributed by atoms with Crippen molar-refractivity contribution in [3.05, 3.63) is 69.0 Å². The molecule has 0 fully saturated rings. The number of imidazole rings is 1. The van der Waals surface area contributed by atoms with Crippen molar-refractivity contribution in [1.29, 1.82) is 0 Å². The highest BCUT2D eigenvalue weighted by Crippen LogP contribution is 2.24. The van der Waals surface area contributed by atoms with Gasteiger partial charge in [0.05, 0.1) is 27.5 Å². The molecular weight excluding hydrogens is 406 g/mol. The summed E-state index contributed by atoms with van der Waals surface area (Å²) in [6.07, 6.45) is 0. The number of carbonyl (C=O) groups is 1. The number of oxazole rings is 1. The van der Waals surface area contributed by atoms with Crippen molar-refractivity contribution in [3.63, 3.8) is 0 Å². The quantitative estimate of drug-likeness (QED) is 0.268. The van der Waals surface area contributed by atoms with E-state index >= 15 is 0 Å². The van der Waals surface area contributed by atoms with Crippen molar-refractivity contribution >= 4 is 33.8 Å². The van der Waals surface area contributed by atoms with Gasteiger partial charge in [-0.1, -0.05) is 12.1 Å². The van der Waals surface area contributed by atoms with Gasteiger partial charge < -0.3 is 9.15 Å². The lowest BCUT2D eigenvalue weighted by Gasteiger charge is -2.08. The first-order valence-electron chi connectivity index (χ1n) is 8.52. The third-order valence-electron chi connectivity index (χ3n) is 4.38. The lowest BCUT2D eigenvalue weighted by molar-refractivity contribution is -0.384. The first-order chi connectivity index (χ1) is 14.3. The molecule has 0 unspecified atom stereocenters. The highest BCUT2D eigenvalue weighted by Gasteiger charge is 2.20. The van der Waals surface area contributed by atoms with Gasteiger partial charge in [-0.2, -0.15) is 8.78 Å². The van der Waals surface area contributed by atoms with E-state index in [2.05, 4.69) is 4.98 Å². The molecule has 2 aromatic carbocycles. The Morgan fingerprint density at radius 3 is 2.73 bits per heavy atom. The van der Waals surface area contributed by atoms with Crippen LogP contribution < -0.4 is 5.76 Å². The lowest BCUT2D eigenvalue weighted by Crippen LogP contribution is -2.22. The van der Waals surface area contributed by atoms with Crippen molar-refractivity contribution in [1.82, 2.24) is 14.1 Å². The highest BCUT2D eigenvalue weighted by atomic mass is 19.3. The summed E-state index contributed by atoms with van der Waals surface area (Å²) in [5.74, 6) is -1.96. The number of para-hydroxylation sites is 2. The predicted octanol–water partition coefficient (Wildman–Crippen LogP) is 2.99. The van der Waals surface area contributed by atoms with Crippen molar-refractivity contribution in [2.45, 2.75) is 19.7 Å². The van der Waals surface area contributed by atoms with Crippen LogP contribution in [-0.2, 0) is 22.7 Å². The first kappa shape index (κ1) is 19.2. The average molecular weight is 418 g/mol. The number of hydrogen-bond donors (Lipinski definition) is 0. The van der Waals surface area contributed by atoms with Crippen LogP contribution in [0.2, 0.25) is 0 Å². The topological polar surface area (TPSA) is 122 Å². The second kappa shape index (κ2) is 7.39. The van der Waals surface area contributed by atoms with Gasteiger partial charge in [0, 0.05) is 6.07 Å². The van der Waals surface area contributed by atoms with Crippen molar-refractivity contribution in [2.24, 2.45) is 0 Å². The van der Waals surface area contributed by atoms with Gasteiger partial charge in [-0.25, -0.2) is 9.78 Å². The zero-order valence-corrected chi connectivity index (χ0v) is 15.0. The fourth-order valence-electron chi connectivity index (χ4n) is 3.05. The van der Waals surface area contributed by atoms with E-state index in [0.717, 1.165) is 16.7 Å². The van der Waals surface area contributed by atoms with Gasteiger partial charge in [0.25, 0.3) is 5.69 Å². The molecule has 0 aliphatic rings. The lowest BCUT2D eigenvalue weighted by atomic mass is 10.3. The summed E-state index contributed by atoms with van der Waals surface area (Å²) in [6.45, 7) is -3.99. The normalized spacial score (nSPS) is 11.4. The zero-order valence-electron chi connectivity index (χ0n) is 15.0. The summed E-state index contributed by atoms with van der Waals surface area (Å²) in [4.78, 5) is 38.4. The van der Waals surface area contributed by atoms with E-state index in [1.807, 2.05) is 0 Å². The number of hydrogen-bond acceptors (Lipinski definition) is 7. The molecule has 0 radical (unpaired) electrons. The van der Waals surface area contributed by atoms with Crippen LogP contribution in [0.3, 0.4) is 0 Å². The molecule has 0 aliphatic carbocycles. The van der Waals surface area contributed by atoms with Crippen molar-refractivity contribution < 1.29 is 27.7 Å². The van der Waals surface area contributed by atoms with E-state index in [0.29, 0.717) is 10.1 Å². The highest BCUT2D eigenvalue weighted by molar-refractivity contribution is 5.79. The molecule has 0 N–H and O–H groups in total. The van der Waals surface area contributed by atoms with Crippen LogP contribution in [0, 0.1) is 10.1 Å². The fraction of sp³-hybridized carbons (Fsp3) is 0.167. The molecular formula is C18H12F2N4O6. The van der Waals surface area contributed by atoms with Gasteiger partial charge in [-0.15, -0.1) is 0 Å². The van der Waals surface area contributed by atoms with Gasteiger partial charge >= 0.3 is 18.3 Å². The van der Waals surface area contributed by atoms with Crippen LogP contribution in [-0.4, -0.2) is 25.0 Å². The maximum Gasteiger partial charge on any atom is 0.420 e. The number of halogens is 2. The molecule has 0 atom stereocenters. The second-order valence-electron chi connectivity index (χ2n) is 6.19. The molecule has 0 spiro atoms. The molecule has 30 heavy (non-hydrogen) atoms. The van der Waals surface area contributed by atoms with Gasteiger partial charge in [-0.05, 0) is 18.2 Å². The molecule has 0 aliphatic heterocycles. The first-order valence-corrected chi connectivity index (χ1v) is 8.52. The number of nitrogens with zero attached hydrogens (tertiary/aromatic N) is 4. The number of benzene rings is 2. The molecule has 4 aromatic rings. The third kappa shape index (κ3) is 3.38.